The number of H-pyrrole nitrogens is 1. The van der Waals surface area contributed by atoms with Crippen molar-refractivity contribution >= 4 is 22.9 Å². The molecule has 0 aliphatic carbocycles. The second-order valence-corrected chi connectivity index (χ2v) is 11.9. The van der Waals surface area contributed by atoms with Crippen molar-refractivity contribution in [3.05, 3.63) is 70.5 Å². The van der Waals surface area contributed by atoms with Crippen LogP contribution >= 0.6 is 0 Å². The number of aryl methyl sites for hydroxylation is 2. The van der Waals surface area contributed by atoms with Crippen molar-refractivity contribution in [1.82, 2.24) is 24.8 Å². The molecule has 40 heavy (non-hydrogen) atoms. The van der Waals surface area contributed by atoms with E-state index in [1.807, 2.05) is 44.4 Å². The van der Waals surface area contributed by atoms with E-state index in [0.717, 1.165) is 65.2 Å². The molecule has 1 aliphatic rings. The van der Waals surface area contributed by atoms with Crippen molar-refractivity contribution in [2.45, 2.75) is 54.0 Å². The van der Waals surface area contributed by atoms with Crippen LogP contribution in [-0.2, 0) is 17.8 Å². The van der Waals surface area contributed by atoms with E-state index in [1.54, 1.807) is 19.0 Å². The summed E-state index contributed by atoms with van der Waals surface area (Å²) >= 11 is 0. The van der Waals surface area contributed by atoms with Crippen molar-refractivity contribution in [3.63, 3.8) is 0 Å². The number of carbonyl (C=O) groups excluding carboxylic acids is 2. The highest BCUT2D eigenvalue weighted by Crippen LogP contribution is 2.33. The van der Waals surface area contributed by atoms with Crippen LogP contribution in [0.5, 0.6) is 0 Å². The standard InChI is InChI=1S/C33H39N5O2/c1-8-29(39)33(4,5)19-38-12-11-25-20(2)14-23(15-24(25)18-38)28-17-35-31-30(36-28)27(16-34-31)22-9-10-26(21(3)13-22)32(40)37(6)7/h9-10,13-17H,8,11-12,18-19H2,1-7H3,(H,34,35). The molecule has 0 saturated carbocycles. The Morgan fingerprint density at radius 1 is 1.07 bits per heavy atom. The van der Waals surface area contributed by atoms with Gasteiger partial charge in [-0.15, -0.1) is 0 Å². The van der Waals surface area contributed by atoms with Crippen LogP contribution < -0.4 is 0 Å². The Hall–Kier alpha value is -3.84. The summed E-state index contributed by atoms with van der Waals surface area (Å²) in [6, 6.07) is 10.4. The predicted octanol–water partition coefficient (Wildman–Crippen LogP) is 5.97. The SMILES string of the molecule is CCC(=O)C(C)(C)CN1CCc2c(C)cc(-c3cnc4[nH]cc(-c5ccc(C(=O)N(C)C)c(C)c5)c4n3)cc2C1. The van der Waals surface area contributed by atoms with Crippen LogP contribution in [-0.4, -0.2) is 63.6 Å². The van der Waals surface area contributed by atoms with Crippen LogP contribution in [0.2, 0.25) is 0 Å². The van der Waals surface area contributed by atoms with Gasteiger partial charge in [0, 0.05) is 68.5 Å². The Kier molecular flexibility index (Phi) is 7.36. The molecular weight excluding hydrogens is 498 g/mol. The summed E-state index contributed by atoms with van der Waals surface area (Å²) in [6.07, 6.45) is 5.32. The number of hydrogen-bond donors (Lipinski definition) is 1. The summed E-state index contributed by atoms with van der Waals surface area (Å²) < 4.78 is 0. The van der Waals surface area contributed by atoms with Gasteiger partial charge in [-0.2, -0.15) is 0 Å². The van der Waals surface area contributed by atoms with E-state index in [2.05, 4.69) is 42.8 Å². The number of fused-ring (bicyclic) bond motifs is 2. The molecule has 0 saturated heterocycles. The number of nitrogens with zero attached hydrogens (tertiary/aromatic N) is 4. The number of aromatic nitrogens is 3. The fourth-order valence-electron chi connectivity index (χ4n) is 5.95. The first-order valence-corrected chi connectivity index (χ1v) is 14.0. The van der Waals surface area contributed by atoms with Crippen molar-refractivity contribution in [3.8, 4) is 22.4 Å². The van der Waals surface area contributed by atoms with E-state index in [1.165, 1.54) is 16.7 Å². The molecule has 0 fully saturated rings. The lowest BCUT2D eigenvalue weighted by molar-refractivity contribution is -0.127. The first-order valence-electron chi connectivity index (χ1n) is 14.0. The number of hydrogen-bond acceptors (Lipinski definition) is 5. The van der Waals surface area contributed by atoms with Crippen LogP contribution in [0.4, 0.5) is 0 Å². The molecule has 2 aromatic carbocycles. The smallest absolute Gasteiger partial charge is 0.253 e. The third kappa shape index (κ3) is 5.18. The molecule has 208 valence electrons. The lowest BCUT2D eigenvalue weighted by Gasteiger charge is -2.35. The fraction of sp³-hybridized carbons (Fsp3) is 0.394. The number of Topliss-reactive ketones (excluding diaryl/α,β-unsaturated/α-hetero) is 1. The summed E-state index contributed by atoms with van der Waals surface area (Å²) in [7, 11) is 3.53. The van der Waals surface area contributed by atoms with Gasteiger partial charge >= 0.3 is 0 Å². The maximum Gasteiger partial charge on any atom is 0.253 e. The van der Waals surface area contributed by atoms with Crippen LogP contribution in [0.25, 0.3) is 33.5 Å². The van der Waals surface area contributed by atoms with E-state index < -0.39 is 0 Å². The second kappa shape index (κ2) is 10.6. The molecule has 2 aromatic heterocycles. The number of aromatic amines is 1. The summed E-state index contributed by atoms with van der Waals surface area (Å²) in [6.45, 7) is 12.8. The van der Waals surface area contributed by atoms with E-state index in [0.29, 0.717) is 17.8 Å². The molecule has 1 aliphatic heterocycles. The van der Waals surface area contributed by atoms with Gasteiger partial charge < -0.3 is 9.88 Å². The maximum atomic E-state index is 12.5. The molecule has 1 N–H and O–H groups in total. The number of nitrogens with one attached hydrogen (secondary N) is 1. The second-order valence-electron chi connectivity index (χ2n) is 11.9. The molecule has 0 atom stereocenters. The van der Waals surface area contributed by atoms with Crippen molar-refractivity contribution in [2.75, 3.05) is 27.2 Å². The first-order chi connectivity index (χ1) is 19.0. The number of carbonyl (C=O) groups is 2. The molecule has 0 bridgehead atoms. The molecule has 3 heterocycles. The Bertz CT molecular complexity index is 1610. The van der Waals surface area contributed by atoms with Gasteiger partial charge in [-0.05, 0) is 66.3 Å². The maximum absolute atomic E-state index is 12.5. The molecule has 0 unspecified atom stereocenters. The van der Waals surface area contributed by atoms with Crippen molar-refractivity contribution in [1.29, 1.82) is 0 Å². The zero-order valence-electron chi connectivity index (χ0n) is 24.7. The van der Waals surface area contributed by atoms with E-state index in [9.17, 15) is 9.59 Å². The quantitative estimate of drug-likeness (QED) is 0.314. The van der Waals surface area contributed by atoms with Gasteiger partial charge in [0.1, 0.15) is 11.3 Å². The zero-order valence-corrected chi connectivity index (χ0v) is 24.7. The fourth-order valence-corrected chi connectivity index (χ4v) is 5.95. The van der Waals surface area contributed by atoms with Gasteiger partial charge in [0.2, 0.25) is 0 Å². The lowest BCUT2D eigenvalue weighted by Crippen LogP contribution is -2.41. The van der Waals surface area contributed by atoms with Gasteiger partial charge in [0.05, 0.1) is 11.9 Å². The lowest BCUT2D eigenvalue weighted by atomic mass is 9.84. The molecule has 5 rings (SSSR count). The largest absolute Gasteiger partial charge is 0.345 e. The predicted molar refractivity (Wildman–Crippen MR) is 160 cm³/mol. The highest BCUT2D eigenvalue weighted by Gasteiger charge is 2.30. The average Bonchev–Trinajstić information content (AvgIpc) is 3.35. The molecular formula is C33H39N5O2. The average molecular weight is 538 g/mol. The number of amides is 1. The Morgan fingerprint density at radius 2 is 1.82 bits per heavy atom. The van der Waals surface area contributed by atoms with E-state index in [-0.39, 0.29) is 11.3 Å². The summed E-state index contributed by atoms with van der Waals surface area (Å²) in [5.74, 6) is 0.301. The zero-order chi connectivity index (χ0) is 28.8. The third-order valence-electron chi connectivity index (χ3n) is 8.18. The minimum absolute atomic E-state index is 0.00748. The summed E-state index contributed by atoms with van der Waals surface area (Å²) in [5.41, 5.74) is 10.6. The van der Waals surface area contributed by atoms with Crippen molar-refractivity contribution in [2.24, 2.45) is 5.41 Å². The normalized spacial score (nSPS) is 13.9. The minimum Gasteiger partial charge on any atom is -0.345 e. The van der Waals surface area contributed by atoms with Crippen LogP contribution in [0.15, 0.2) is 42.7 Å². The van der Waals surface area contributed by atoms with Crippen molar-refractivity contribution < 1.29 is 9.59 Å². The Balaban J connectivity index is 1.47. The number of rotatable bonds is 7. The molecule has 7 nitrogen and oxygen atoms in total. The first kappa shape index (κ1) is 27.7. The topological polar surface area (TPSA) is 82.2 Å². The monoisotopic (exact) mass is 537 g/mol. The Morgan fingerprint density at radius 3 is 2.52 bits per heavy atom. The number of benzene rings is 2. The van der Waals surface area contributed by atoms with Crippen LogP contribution in [0.1, 0.15) is 59.8 Å². The van der Waals surface area contributed by atoms with Gasteiger partial charge in [-0.25, -0.2) is 9.97 Å². The molecule has 0 spiro atoms. The molecule has 0 radical (unpaired) electrons. The summed E-state index contributed by atoms with van der Waals surface area (Å²) in [4.78, 5) is 42.0. The molecule has 7 heteroatoms. The third-order valence-corrected chi connectivity index (χ3v) is 8.18. The van der Waals surface area contributed by atoms with Gasteiger partial charge in [0.25, 0.3) is 5.91 Å². The van der Waals surface area contributed by atoms with Crippen LogP contribution in [0, 0.1) is 19.3 Å². The Labute approximate surface area is 236 Å². The van der Waals surface area contributed by atoms with Gasteiger partial charge in [0.15, 0.2) is 5.65 Å². The molecule has 1 amide bonds. The van der Waals surface area contributed by atoms with Crippen LogP contribution in [0.3, 0.4) is 0 Å². The highest BCUT2D eigenvalue weighted by atomic mass is 16.2. The van der Waals surface area contributed by atoms with Gasteiger partial charge in [-0.1, -0.05) is 32.9 Å². The van der Waals surface area contributed by atoms with Gasteiger partial charge in [-0.3, -0.25) is 14.5 Å². The van der Waals surface area contributed by atoms with E-state index >= 15 is 0 Å². The minimum atomic E-state index is -0.351. The van der Waals surface area contributed by atoms with E-state index in [4.69, 9.17) is 9.97 Å². The molecule has 4 aromatic rings. The highest BCUT2D eigenvalue weighted by molar-refractivity contribution is 5.97. The number of ketones is 1. The summed E-state index contributed by atoms with van der Waals surface area (Å²) in [5, 5.41) is 0.